The van der Waals surface area contributed by atoms with Crippen LogP contribution in [0.15, 0.2) is 24.3 Å². The van der Waals surface area contributed by atoms with Crippen molar-refractivity contribution in [2.75, 3.05) is 13.2 Å². The molecule has 0 aromatic heterocycles. The van der Waals surface area contributed by atoms with Gasteiger partial charge in [-0.2, -0.15) is 0 Å². The van der Waals surface area contributed by atoms with Crippen molar-refractivity contribution in [1.29, 1.82) is 0 Å². The highest BCUT2D eigenvalue weighted by Gasteiger charge is 2.60. The zero-order chi connectivity index (χ0) is 22.1. The van der Waals surface area contributed by atoms with Gasteiger partial charge in [0.05, 0.1) is 19.8 Å². The second-order valence-corrected chi connectivity index (χ2v) is 9.42. The van der Waals surface area contributed by atoms with Crippen molar-refractivity contribution in [3.05, 3.63) is 29.8 Å². The summed E-state index contributed by atoms with van der Waals surface area (Å²) in [5.74, 6) is -0.523. The summed E-state index contributed by atoms with van der Waals surface area (Å²) < 4.78 is 42.2. The average Bonchev–Trinajstić information content (AvgIpc) is 3.20. The smallest absolute Gasteiger partial charge is 0.190 e. The Kier molecular flexibility index (Phi) is 6.91. The molecule has 3 heterocycles. The molecule has 0 unspecified atom stereocenters. The van der Waals surface area contributed by atoms with Gasteiger partial charge in [0.2, 0.25) is 0 Å². The van der Waals surface area contributed by atoms with Crippen LogP contribution in [0.1, 0.15) is 59.4 Å². The molecule has 3 fully saturated rings. The zero-order valence-electron chi connectivity index (χ0n) is 19.3. The van der Waals surface area contributed by atoms with Crippen LogP contribution in [-0.2, 0) is 35.0 Å². The molecule has 4 rings (SSSR count). The van der Waals surface area contributed by atoms with E-state index in [9.17, 15) is 0 Å². The van der Waals surface area contributed by atoms with Crippen LogP contribution >= 0.6 is 0 Å². The minimum absolute atomic E-state index is 0.256. The average molecular weight is 437 g/mol. The van der Waals surface area contributed by atoms with Crippen LogP contribution in [0.25, 0.3) is 0 Å². The van der Waals surface area contributed by atoms with Crippen molar-refractivity contribution in [1.82, 2.24) is 0 Å². The normalized spacial score (nSPS) is 33.1. The Balaban J connectivity index is 1.30. The van der Waals surface area contributed by atoms with E-state index in [0.29, 0.717) is 13.2 Å². The van der Waals surface area contributed by atoms with Gasteiger partial charge in [0.25, 0.3) is 0 Å². The molecule has 3 saturated heterocycles. The van der Waals surface area contributed by atoms with Crippen LogP contribution in [0.4, 0.5) is 0 Å². The molecular formula is C24H36O7. The van der Waals surface area contributed by atoms with E-state index >= 15 is 0 Å². The van der Waals surface area contributed by atoms with Crippen molar-refractivity contribution in [3.8, 4) is 5.75 Å². The summed E-state index contributed by atoms with van der Waals surface area (Å²) in [6.45, 7) is 11.4. The van der Waals surface area contributed by atoms with Crippen molar-refractivity contribution in [2.24, 2.45) is 0 Å². The molecule has 0 amide bonds. The Morgan fingerprint density at radius 3 is 2.26 bits per heavy atom. The lowest BCUT2D eigenvalue weighted by atomic mass is 9.99. The minimum atomic E-state index is -0.716. The summed E-state index contributed by atoms with van der Waals surface area (Å²) in [5.41, 5.74) is 1.08. The second kappa shape index (κ2) is 9.33. The first kappa shape index (κ1) is 23.0. The van der Waals surface area contributed by atoms with E-state index < -0.39 is 17.9 Å². The number of benzene rings is 1. The molecule has 0 bridgehead atoms. The fourth-order valence-electron chi connectivity index (χ4n) is 4.34. The van der Waals surface area contributed by atoms with Crippen molar-refractivity contribution < 1.29 is 33.2 Å². The molecule has 3 aliphatic rings. The summed E-state index contributed by atoms with van der Waals surface area (Å²) in [5, 5.41) is 0. The number of rotatable bonds is 9. The third-order valence-corrected chi connectivity index (χ3v) is 5.74. The van der Waals surface area contributed by atoms with Crippen LogP contribution in [-0.4, -0.2) is 55.5 Å². The topological polar surface area (TPSA) is 64.6 Å². The lowest BCUT2D eigenvalue weighted by Gasteiger charge is -2.37. The van der Waals surface area contributed by atoms with E-state index in [1.54, 1.807) is 0 Å². The maximum atomic E-state index is 6.18. The van der Waals surface area contributed by atoms with E-state index in [1.807, 2.05) is 52.0 Å². The maximum Gasteiger partial charge on any atom is 0.190 e. The highest BCUT2D eigenvalue weighted by atomic mass is 16.9. The van der Waals surface area contributed by atoms with Gasteiger partial charge >= 0.3 is 0 Å². The van der Waals surface area contributed by atoms with Crippen LogP contribution in [0.5, 0.6) is 5.75 Å². The van der Waals surface area contributed by atoms with Gasteiger partial charge in [0.15, 0.2) is 17.9 Å². The van der Waals surface area contributed by atoms with Gasteiger partial charge in [0.1, 0.15) is 30.2 Å². The van der Waals surface area contributed by atoms with E-state index in [1.165, 1.54) is 12.8 Å². The summed E-state index contributed by atoms with van der Waals surface area (Å²) in [4.78, 5) is 0. The predicted molar refractivity (Wildman–Crippen MR) is 114 cm³/mol. The van der Waals surface area contributed by atoms with Gasteiger partial charge in [-0.3, -0.25) is 0 Å². The fourth-order valence-corrected chi connectivity index (χ4v) is 4.34. The first-order valence-electron chi connectivity index (χ1n) is 11.4. The van der Waals surface area contributed by atoms with Crippen LogP contribution in [0.2, 0.25) is 0 Å². The molecule has 0 radical (unpaired) electrons. The molecule has 7 nitrogen and oxygen atoms in total. The second-order valence-electron chi connectivity index (χ2n) is 9.42. The SMILES string of the molecule is CCCCCOc1ccc(COC[C@@H]2O[C@@H]3OC(C)(C)O[C@H]3[C@H]3OC(C)(C)O[C@@H]32)cc1. The lowest BCUT2D eigenvalue weighted by molar-refractivity contribution is -0.243. The summed E-state index contributed by atoms with van der Waals surface area (Å²) in [6.07, 6.45) is 1.83. The molecule has 7 heteroatoms. The molecule has 0 aliphatic carbocycles. The number of fused-ring (bicyclic) bond motifs is 3. The van der Waals surface area contributed by atoms with Crippen LogP contribution < -0.4 is 4.74 Å². The third-order valence-electron chi connectivity index (χ3n) is 5.74. The van der Waals surface area contributed by atoms with E-state index in [4.69, 9.17) is 33.2 Å². The zero-order valence-corrected chi connectivity index (χ0v) is 19.3. The predicted octanol–water partition coefficient (Wildman–Crippen LogP) is 4.17. The van der Waals surface area contributed by atoms with Crippen molar-refractivity contribution in [3.63, 3.8) is 0 Å². The van der Waals surface area contributed by atoms with E-state index in [0.717, 1.165) is 24.3 Å². The van der Waals surface area contributed by atoms with Gasteiger partial charge in [-0.1, -0.05) is 31.9 Å². The number of hydrogen-bond donors (Lipinski definition) is 0. The first-order chi connectivity index (χ1) is 14.8. The maximum absolute atomic E-state index is 6.18. The number of hydrogen-bond acceptors (Lipinski definition) is 7. The van der Waals surface area contributed by atoms with Gasteiger partial charge in [-0.15, -0.1) is 0 Å². The van der Waals surface area contributed by atoms with E-state index in [-0.39, 0.29) is 24.4 Å². The van der Waals surface area contributed by atoms with Crippen LogP contribution in [0, 0.1) is 0 Å². The first-order valence-corrected chi connectivity index (χ1v) is 11.4. The Hall–Kier alpha value is -1.22. The van der Waals surface area contributed by atoms with E-state index in [2.05, 4.69) is 6.92 Å². The number of unbranched alkanes of at least 4 members (excludes halogenated alkanes) is 2. The number of ether oxygens (including phenoxy) is 7. The van der Waals surface area contributed by atoms with Crippen molar-refractivity contribution in [2.45, 2.75) is 103 Å². The lowest BCUT2D eigenvalue weighted by Crippen LogP contribution is -2.56. The molecule has 0 saturated carbocycles. The summed E-state index contributed by atoms with van der Waals surface area (Å²) in [6, 6.07) is 8.05. The third kappa shape index (κ3) is 5.59. The van der Waals surface area contributed by atoms with Gasteiger partial charge in [-0.25, -0.2) is 0 Å². The molecule has 1 aromatic rings. The fraction of sp³-hybridized carbons (Fsp3) is 0.750. The van der Waals surface area contributed by atoms with Crippen LogP contribution in [0.3, 0.4) is 0 Å². The molecule has 0 N–H and O–H groups in total. The molecule has 0 spiro atoms. The minimum Gasteiger partial charge on any atom is -0.494 e. The highest BCUT2D eigenvalue weighted by molar-refractivity contribution is 5.26. The quantitative estimate of drug-likeness (QED) is 0.538. The standard InChI is InChI=1S/C24H36O7/c1-6-7-8-13-26-17-11-9-16(10-12-17)14-25-15-18-19-20(29-23(2,3)28-19)21-22(27-18)31-24(4,5)30-21/h9-12,18-22H,6-8,13-15H2,1-5H3/t18-,19+,20-,21-,22+/m0/s1. The molecule has 1 aromatic carbocycles. The molecule has 3 aliphatic heterocycles. The molecule has 5 atom stereocenters. The Labute approximate surface area is 185 Å². The monoisotopic (exact) mass is 436 g/mol. The van der Waals surface area contributed by atoms with Crippen molar-refractivity contribution >= 4 is 0 Å². The summed E-state index contributed by atoms with van der Waals surface area (Å²) >= 11 is 0. The molecule has 174 valence electrons. The highest BCUT2D eigenvalue weighted by Crippen LogP contribution is 2.44. The van der Waals surface area contributed by atoms with Gasteiger partial charge in [0, 0.05) is 0 Å². The molecular weight excluding hydrogens is 400 g/mol. The Morgan fingerprint density at radius 1 is 0.839 bits per heavy atom. The Bertz CT molecular complexity index is 717. The van der Waals surface area contributed by atoms with Gasteiger partial charge < -0.3 is 33.2 Å². The largest absolute Gasteiger partial charge is 0.494 e. The summed E-state index contributed by atoms with van der Waals surface area (Å²) in [7, 11) is 0. The van der Waals surface area contributed by atoms with Gasteiger partial charge in [-0.05, 0) is 51.8 Å². The Morgan fingerprint density at radius 2 is 1.52 bits per heavy atom. The molecule has 31 heavy (non-hydrogen) atoms.